The molecule has 0 heterocycles. The number of aryl methyl sites for hydroxylation is 1. The summed E-state index contributed by atoms with van der Waals surface area (Å²) in [6, 6.07) is 8.58. The number of unbranched alkanes of at least 4 members (excludes halogenated alkanes) is 1. The zero-order valence-electron chi connectivity index (χ0n) is 15.2. The van der Waals surface area contributed by atoms with Gasteiger partial charge in [0.1, 0.15) is 0 Å². The Morgan fingerprint density at radius 1 is 1.08 bits per heavy atom. The van der Waals surface area contributed by atoms with Crippen LogP contribution in [0.3, 0.4) is 0 Å². The van der Waals surface area contributed by atoms with E-state index in [1.165, 1.54) is 0 Å². The van der Waals surface area contributed by atoms with Gasteiger partial charge in [-0.2, -0.15) is 0 Å². The van der Waals surface area contributed by atoms with E-state index in [0.717, 1.165) is 18.4 Å². The number of carbonyl (C=O) groups excluding carboxylic acids is 1. The highest BCUT2D eigenvalue weighted by molar-refractivity contribution is 6.33. The summed E-state index contributed by atoms with van der Waals surface area (Å²) in [5.41, 5.74) is 1.95. The molecule has 0 saturated carbocycles. The van der Waals surface area contributed by atoms with Crippen molar-refractivity contribution in [3.63, 3.8) is 0 Å². The van der Waals surface area contributed by atoms with E-state index in [4.69, 9.17) is 32.7 Å². The molecule has 0 atom stereocenters. The molecule has 0 unspecified atom stereocenters. The van der Waals surface area contributed by atoms with Crippen LogP contribution in [-0.4, -0.2) is 19.1 Å². The second kappa shape index (κ2) is 9.70. The van der Waals surface area contributed by atoms with Gasteiger partial charge in [-0.3, -0.25) is 4.79 Å². The number of hydrogen-bond donors (Lipinski definition) is 1. The van der Waals surface area contributed by atoms with Gasteiger partial charge in [-0.25, -0.2) is 0 Å². The predicted molar refractivity (Wildman–Crippen MR) is 107 cm³/mol. The number of carbonyl (C=O) groups is 1. The molecule has 0 aliphatic carbocycles. The Kier molecular flexibility index (Phi) is 7.61. The number of halogens is 2. The van der Waals surface area contributed by atoms with Crippen LogP contribution in [-0.2, 0) is 0 Å². The number of benzene rings is 2. The largest absolute Gasteiger partial charge is 0.490 e. The van der Waals surface area contributed by atoms with Gasteiger partial charge in [-0.1, -0.05) is 42.6 Å². The fourth-order valence-electron chi connectivity index (χ4n) is 2.29. The Labute approximate surface area is 164 Å². The lowest BCUT2D eigenvalue weighted by Crippen LogP contribution is -2.13. The monoisotopic (exact) mass is 395 g/mol. The molecule has 0 aliphatic rings. The van der Waals surface area contributed by atoms with Crippen molar-refractivity contribution in [2.75, 3.05) is 18.5 Å². The Morgan fingerprint density at radius 2 is 1.85 bits per heavy atom. The average molecular weight is 396 g/mol. The first-order valence-corrected chi connectivity index (χ1v) is 9.38. The molecule has 0 bridgehead atoms. The molecule has 6 heteroatoms. The molecule has 0 radical (unpaired) electrons. The maximum Gasteiger partial charge on any atom is 0.255 e. The van der Waals surface area contributed by atoms with Crippen LogP contribution in [0, 0.1) is 6.92 Å². The smallest absolute Gasteiger partial charge is 0.255 e. The number of nitrogens with one attached hydrogen (secondary N) is 1. The van der Waals surface area contributed by atoms with Crippen LogP contribution in [0.15, 0.2) is 30.3 Å². The van der Waals surface area contributed by atoms with Crippen molar-refractivity contribution in [3.8, 4) is 11.5 Å². The van der Waals surface area contributed by atoms with E-state index >= 15 is 0 Å². The molecule has 0 aliphatic heterocycles. The molecule has 1 N–H and O–H groups in total. The Morgan fingerprint density at radius 3 is 2.50 bits per heavy atom. The van der Waals surface area contributed by atoms with Crippen LogP contribution in [0.25, 0.3) is 0 Å². The second-order valence-electron chi connectivity index (χ2n) is 5.84. The lowest BCUT2D eigenvalue weighted by atomic mass is 10.1. The van der Waals surface area contributed by atoms with Gasteiger partial charge in [-0.05, 0) is 50.1 Å². The fraction of sp³-hybridized carbons (Fsp3) is 0.350. The van der Waals surface area contributed by atoms with Gasteiger partial charge >= 0.3 is 0 Å². The van der Waals surface area contributed by atoms with Gasteiger partial charge in [0.25, 0.3) is 5.91 Å². The van der Waals surface area contributed by atoms with Crippen molar-refractivity contribution in [3.05, 3.63) is 51.5 Å². The first-order chi connectivity index (χ1) is 12.5. The van der Waals surface area contributed by atoms with E-state index in [0.29, 0.717) is 46.0 Å². The van der Waals surface area contributed by atoms with E-state index in [-0.39, 0.29) is 5.91 Å². The fourth-order valence-corrected chi connectivity index (χ4v) is 2.74. The molecular weight excluding hydrogens is 373 g/mol. The van der Waals surface area contributed by atoms with Crippen LogP contribution in [0.4, 0.5) is 5.69 Å². The molecular formula is C20H23Cl2NO3. The number of anilines is 1. The summed E-state index contributed by atoms with van der Waals surface area (Å²) in [4.78, 5) is 12.6. The molecule has 0 saturated heterocycles. The molecule has 140 valence electrons. The number of amides is 1. The molecule has 2 aromatic carbocycles. The normalized spacial score (nSPS) is 10.5. The zero-order valence-corrected chi connectivity index (χ0v) is 16.7. The quantitative estimate of drug-likeness (QED) is 0.546. The van der Waals surface area contributed by atoms with Crippen molar-refractivity contribution in [1.29, 1.82) is 0 Å². The van der Waals surface area contributed by atoms with Crippen molar-refractivity contribution in [2.45, 2.75) is 33.6 Å². The average Bonchev–Trinajstić information content (AvgIpc) is 2.60. The van der Waals surface area contributed by atoms with Gasteiger partial charge in [0.15, 0.2) is 11.5 Å². The second-order valence-corrected chi connectivity index (χ2v) is 6.65. The third kappa shape index (κ3) is 5.29. The van der Waals surface area contributed by atoms with Gasteiger partial charge in [0, 0.05) is 16.3 Å². The van der Waals surface area contributed by atoms with E-state index < -0.39 is 0 Å². The molecule has 2 aromatic rings. The van der Waals surface area contributed by atoms with E-state index in [9.17, 15) is 4.79 Å². The van der Waals surface area contributed by atoms with Crippen LogP contribution in [0.5, 0.6) is 11.5 Å². The van der Waals surface area contributed by atoms with Crippen LogP contribution in [0.1, 0.15) is 42.6 Å². The molecule has 1 amide bonds. The van der Waals surface area contributed by atoms with Crippen LogP contribution in [0.2, 0.25) is 10.0 Å². The summed E-state index contributed by atoms with van der Waals surface area (Å²) < 4.78 is 11.4. The summed E-state index contributed by atoms with van der Waals surface area (Å²) in [7, 11) is 0. The van der Waals surface area contributed by atoms with Crippen LogP contribution >= 0.6 is 23.2 Å². The first-order valence-electron chi connectivity index (χ1n) is 8.62. The van der Waals surface area contributed by atoms with Crippen molar-refractivity contribution < 1.29 is 14.3 Å². The maximum atomic E-state index is 12.6. The summed E-state index contributed by atoms with van der Waals surface area (Å²) in [6.07, 6.45) is 1.93. The van der Waals surface area contributed by atoms with Gasteiger partial charge in [0.05, 0.1) is 18.2 Å². The van der Waals surface area contributed by atoms with Gasteiger partial charge < -0.3 is 14.8 Å². The van der Waals surface area contributed by atoms with Crippen molar-refractivity contribution in [2.24, 2.45) is 0 Å². The number of hydrogen-bond acceptors (Lipinski definition) is 3. The standard InChI is InChI=1S/C20H23Cl2NO3/c1-4-6-9-26-19-17(22)10-14(11-18(19)25-5-2)20(24)23-15-8-7-13(3)16(21)12-15/h7-8,10-12H,4-6,9H2,1-3H3,(H,23,24). The summed E-state index contributed by atoms with van der Waals surface area (Å²) in [6.45, 7) is 6.84. The molecule has 26 heavy (non-hydrogen) atoms. The summed E-state index contributed by atoms with van der Waals surface area (Å²) >= 11 is 12.4. The molecule has 0 spiro atoms. The van der Waals surface area contributed by atoms with Gasteiger partial charge in [0.2, 0.25) is 0 Å². The van der Waals surface area contributed by atoms with Crippen molar-refractivity contribution >= 4 is 34.8 Å². The highest BCUT2D eigenvalue weighted by Gasteiger charge is 2.17. The van der Waals surface area contributed by atoms with E-state index in [1.54, 1.807) is 24.3 Å². The highest BCUT2D eigenvalue weighted by atomic mass is 35.5. The number of ether oxygens (including phenoxy) is 2. The van der Waals surface area contributed by atoms with Crippen LogP contribution < -0.4 is 14.8 Å². The third-order valence-electron chi connectivity index (χ3n) is 3.75. The lowest BCUT2D eigenvalue weighted by molar-refractivity contribution is 0.102. The summed E-state index contributed by atoms with van der Waals surface area (Å²) in [5.74, 6) is 0.632. The zero-order chi connectivity index (χ0) is 19.1. The Hall–Kier alpha value is -1.91. The summed E-state index contributed by atoms with van der Waals surface area (Å²) in [5, 5.41) is 3.76. The minimum absolute atomic E-state index is 0.298. The molecule has 0 aromatic heterocycles. The topological polar surface area (TPSA) is 47.6 Å². The van der Waals surface area contributed by atoms with E-state index in [1.807, 2.05) is 19.9 Å². The Bertz CT molecular complexity index is 778. The lowest BCUT2D eigenvalue weighted by Gasteiger charge is -2.15. The number of rotatable bonds is 8. The molecule has 0 fully saturated rings. The highest BCUT2D eigenvalue weighted by Crippen LogP contribution is 2.37. The third-order valence-corrected chi connectivity index (χ3v) is 4.43. The van der Waals surface area contributed by atoms with Crippen molar-refractivity contribution in [1.82, 2.24) is 0 Å². The Balaban J connectivity index is 2.24. The SMILES string of the molecule is CCCCOc1c(Cl)cc(C(=O)Nc2ccc(C)c(Cl)c2)cc1OCC. The maximum absolute atomic E-state index is 12.6. The molecule has 4 nitrogen and oxygen atoms in total. The first kappa shape index (κ1) is 20.4. The molecule has 2 rings (SSSR count). The van der Waals surface area contributed by atoms with E-state index in [2.05, 4.69) is 12.2 Å². The minimum Gasteiger partial charge on any atom is -0.490 e. The minimum atomic E-state index is -0.298. The predicted octanol–water partition coefficient (Wildman–Crippen LogP) is 6.13. The van der Waals surface area contributed by atoms with Gasteiger partial charge in [-0.15, -0.1) is 0 Å².